The van der Waals surface area contributed by atoms with Gasteiger partial charge < -0.3 is 15.6 Å². The number of rotatable bonds is 8. The molecule has 186 valence electrons. The summed E-state index contributed by atoms with van der Waals surface area (Å²) in [7, 11) is 0. The van der Waals surface area contributed by atoms with Crippen LogP contribution in [0.4, 0.5) is 8.78 Å². The number of carbonyl (C=O) groups is 1. The van der Waals surface area contributed by atoms with Crippen molar-refractivity contribution in [1.82, 2.24) is 4.98 Å². The Bertz CT molecular complexity index is 1530. The number of benzene rings is 3. The lowest BCUT2D eigenvalue weighted by atomic mass is 9.97. The summed E-state index contributed by atoms with van der Waals surface area (Å²) in [6.07, 6.45) is 0.305. The van der Waals surface area contributed by atoms with Crippen molar-refractivity contribution in [3.63, 3.8) is 0 Å². The Morgan fingerprint density at radius 3 is 2.54 bits per heavy atom. The number of carboxylic acids is 1. The fraction of sp³-hybridized carbons (Fsp3) is 0.138. The average molecular weight is 500 g/mol. The molecule has 0 saturated heterocycles. The Labute approximate surface area is 212 Å². The molecular formula is C29H23F2N3O3. The number of nitrogens with two attached hydrogens (primary N) is 1. The van der Waals surface area contributed by atoms with Crippen LogP contribution >= 0.6 is 0 Å². The Morgan fingerprint density at radius 2 is 1.84 bits per heavy atom. The van der Waals surface area contributed by atoms with Crippen molar-refractivity contribution in [1.29, 1.82) is 5.26 Å². The molecule has 3 aromatic carbocycles. The first-order valence-corrected chi connectivity index (χ1v) is 11.5. The summed E-state index contributed by atoms with van der Waals surface area (Å²) in [5.41, 5.74) is 9.55. The van der Waals surface area contributed by atoms with Crippen molar-refractivity contribution < 1.29 is 23.4 Å². The summed E-state index contributed by atoms with van der Waals surface area (Å²) in [6, 6.07) is 19.8. The maximum atomic E-state index is 14.9. The minimum Gasteiger partial charge on any atom is -0.481 e. The SMILES string of the molecule is CCc1ccc(-c2nc(Oc3cc(C#N)cc(-c4cccc(CN)c4)c3)c(F)cc2F)c(CC(=O)O)c1. The highest BCUT2D eigenvalue weighted by molar-refractivity contribution is 5.76. The quantitative estimate of drug-likeness (QED) is 0.307. The molecule has 0 saturated carbocycles. The summed E-state index contributed by atoms with van der Waals surface area (Å²) in [6.45, 7) is 2.25. The van der Waals surface area contributed by atoms with Crippen molar-refractivity contribution in [3.8, 4) is 40.1 Å². The Hall–Kier alpha value is -4.61. The van der Waals surface area contributed by atoms with Crippen molar-refractivity contribution in [2.24, 2.45) is 5.73 Å². The van der Waals surface area contributed by atoms with Gasteiger partial charge in [-0.2, -0.15) is 5.26 Å². The van der Waals surface area contributed by atoms with E-state index in [9.17, 15) is 23.9 Å². The Balaban J connectivity index is 1.78. The van der Waals surface area contributed by atoms with Gasteiger partial charge in [0.2, 0.25) is 0 Å². The van der Waals surface area contributed by atoms with Crippen LogP contribution in [-0.4, -0.2) is 16.1 Å². The summed E-state index contributed by atoms with van der Waals surface area (Å²) in [5, 5.41) is 18.9. The van der Waals surface area contributed by atoms with Crippen LogP contribution in [0.1, 0.15) is 29.2 Å². The van der Waals surface area contributed by atoms with E-state index in [1.165, 1.54) is 6.07 Å². The van der Waals surface area contributed by atoms with E-state index in [0.29, 0.717) is 30.2 Å². The standard InChI is InChI=1S/C29H23F2N3O3/c1-2-17-6-7-24(22(8-17)13-27(35)36)28-25(30)14-26(31)29(34-28)37-23-11-19(16-33)10-21(12-23)20-5-3-4-18(9-20)15-32/h3-12,14H,2,13,15,32H2,1H3,(H,35,36). The minimum absolute atomic E-state index is 0.128. The van der Waals surface area contributed by atoms with Crippen molar-refractivity contribution in [2.75, 3.05) is 0 Å². The first-order valence-electron chi connectivity index (χ1n) is 11.5. The highest BCUT2D eigenvalue weighted by atomic mass is 19.1. The number of aryl methyl sites for hydroxylation is 1. The van der Waals surface area contributed by atoms with Gasteiger partial charge in [0.1, 0.15) is 11.4 Å². The third kappa shape index (κ3) is 5.80. The monoisotopic (exact) mass is 499 g/mol. The molecule has 3 N–H and O–H groups in total. The van der Waals surface area contributed by atoms with E-state index in [2.05, 4.69) is 11.1 Å². The minimum atomic E-state index is -1.09. The first-order chi connectivity index (χ1) is 17.8. The summed E-state index contributed by atoms with van der Waals surface area (Å²) >= 11 is 0. The predicted molar refractivity (Wildman–Crippen MR) is 135 cm³/mol. The second-order valence-electron chi connectivity index (χ2n) is 8.39. The van der Waals surface area contributed by atoms with Gasteiger partial charge in [-0.05, 0) is 58.5 Å². The summed E-state index contributed by atoms with van der Waals surface area (Å²) < 4.78 is 35.3. The molecule has 37 heavy (non-hydrogen) atoms. The molecule has 0 spiro atoms. The van der Waals surface area contributed by atoms with E-state index < -0.39 is 23.5 Å². The third-order valence-electron chi connectivity index (χ3n) is 5.82. The maximum absolute atomic E-state index is 14.9. The number of nitrogens with zero attached hydrogens (tertiary/aromatic N) is 2. The van der Waals surface area contributed by atoms with Crippen LogP contribution in [0.2, 0.25) is 0 Å². The van der Waals surface area contributed by atoms with E-state index >= 15 is 0 Å². The molecule has 0 aliphatic rings. The van der Waals surface area contributed by atoms with Crippen molar-refractivity contribution in [2.45, 2.75) is 26.3 Å². The zero-order chi connectivity index (χ0) is 26.5. The highest BCUT2D eigenvalue weighted by Gasteiger charge is 2.19. The number of hydrogen-bond donors (Lipinski definition) is 2. The van der Waals surface area contributed by atoms with Gasteiger partial charge in [0.05, 0.1) is 18.1 Å². The number of aliphatic carboxylic acids is 1. The number of carboxylic acid groups (broad SMARTS) is 1. The predicted octanol–water partition coefficient (Wildman–Crippen LogP) is 6.01. The van der Waals surface area contributed by atoms with E-state index in [-0.39, 0.29) is 29.0 Å². The van der Waals surface area contributed by atoms with Crippen LogP contribution in [0.25, 0.3) is 22.4 Å². The van der Waals surface area contributed by atoms with Crippen LogP contribution in [-0.2, 0) is 24.2 Å². The molecule has 0 radical (unpaired) electrons. The van der Waals surface area contributed by atoms with Gasteiger partial charge in [-0.25, -0.2) is 13.8 Å². The van der Waals surface area contributed by atoms with Gasteiger partial charge in [-0.1, -0.05) is 43.3 Å². The highest BCUT2D eigenvalue weighted by Crippen LogP contribution is 2.34. The molecule has 0 atom stereocenters. The van der Waals surface area contributed by atoms with Crippen LogP contribution in [0.3, 0.4) is 0 Å². The Kier molecular flexibility index (Phi) is 7.56. The van der Waals surface area contributed by atoms with E-state index in [0.717, 1.165) is 16.7 Å². The molecule has 4 rings (SSSR count). The lowest BCUT2D eigenvalue weighted by molar-refractivity contribution is -0.136. The normalized spacial score (nSPS) is 10.7. The average Bonchev–Trinajstić information content (AvgIpc) is 2.90. The molecule has 0 aliphatic heterocycles. The van der Waals surface area contributed by atoms with Gasteiger partial charge in [0.25, 0.3) is 5.88 Å². The molecule has 0 aliphatic carbocycles. The zero-order valence-corrected chi connectivity index (χ0v) is 20.0. The van der Waals surface area contributed by atoms with E-state index in [1.807, 2.05) is 31.2 Å². The molecule has 0 fully saturated rings. The smallest absolute Gasteiger partial charge is 0.307 e. The molecule has 0 amide bonds. The van der Waals surface area contributed by atoms with Gasteiger partial charge >= 0.3 is 5.97 Å². The van der Waals surface area contributed by atoms with Gasteiger partial charge in [0, 0.05) is 18.2 Å². The molecule has 1 aromatic heterocycles. The lowest BCUT2D eigenvalue weighted by Crippen LogP contribution is -2.05. The topological polar surface area (TPSA) is 109 Å². The van der Waals surface area contributed by atoms with E-state index in [4.69, 9.17) is 10.5 Å². The number of hydrogen-bond acceptors (Lipinski definition) is 5. The van der Waals surface area contributed by atoms with Gasteiger partial charge in [-0.15, -0.1) is 0 Å². The molecular weight excluding hydrogens is 476 g/mol. The second-order valence-corrected chi connectivity index (χ2v) is 8.39. The van der Waals surface area contributed by atoms with Crippen LogP contribution in [0, 0.1) is 23.0 Å². The molecule has 0 unspecified atom stereocenters. The van der Waals surface area contributed by atoms with Crippen LogP contribution in [0.15, 0.2) is 66.7 Å². The maximum Gasteiger partial charge on any atom is 0.307 e. The van der Waals surface area contributed by atoms with Crippen molar-refractivity contribution in [3.05, 3.63) is 101 Å². The fourth-order valence-corrected chi connectivity index (χ4v) is 4.00. The second kappa shape index (κ2) is 11.0. The zero-order valence-electron chi connectivity index (χ0n) is 20.0. The van der Waals surface area contributed by atoms with Crippen LogP contribution < -0.4 is 10.5 Å². The van der Waals surface area contributed by atoms with Crippen LogP contribution in [0.5, 0.6) is 11.6 Å². The van der Waals surface area contributed by atoms with Gasteiger partial charge in [-0.3, -0.25) is 4.79 Å². The lowest BCUT2D eigenvalue weighted by Gasteiger charge is -2.14. The van der Waals surface area contributed by atoms with Gasteiger partial charge in [0.15, 0.2) is 11.6 Å². The number of aromatic nitrogens is 1. The largest absolute Gasteiger partial charge is 0.481 e. The summed E-state index contributed by atoms with van der Waals surface area (Å²) in [4.78, 5) is 15.5. The number of ether oxygens (including phenoxy) is 1. The number of halogens is 2. The molecule has 8 heteroatoms. The first kappa shape index (κ1) is 25.5. The van der Waals surface area contributed by atoms with E-state index in [1.54, 1.807) is 30.3 Å². The molecule has 4 aromatic rings. The Morgan fingerprint density at radius 1 is 1.03 bits per heavy atom. The number of nitriles is 1. The molecule has 6 nitrogen and oxygen atoms in total. The fourth-order valence-electron chi connectivity index (χ4n) is 4.00. The summed E-state index contributed by atoms with van der Waals surface area (Å²) in [5.74, 6) is -3.46. The molecule has 1 heterocycles. The molecule has 0 bridgehead atoms. The third-order valence-corrected chi connectivity index (χ3v) is 5.82. The number of pyridine rings is 1. The van der Waals surface area contributed by atoms with Crippen molar-refractivity contribution >= 4 is 5.97 Å².